The Morgan fingerprint density at radius 2 is 1.96 bits per heavy atom. The number of quaternary nitrogens is 1. The first kappa shape index (κ1) is 17.8. The zero-order valence-corrected chi connectivity index (χ0v) is 15.9. The topological polar surface area (TPSA) is 51.0 Å². The molecule has 0 spiro atoms. The van der Waals surface area contributed by atoms with Crippen LogP contribution in [0.25, 0.3) is 6.08 Å². The number of rotatable bonds is 3. The zero-order valence-electron chi connectivity index (χ0n) is 15.9. The van der Waals surface area contributed by atoms with E-state index in [0.29, 0.717) is 29.7 Å². The number of fused-ring (bicyclic) bond motifs is 1. The summed E-state index contributed by atoms with van der Waals surface area (Å²) >= 11 is 0. The molecule has 2 atom stereocenters. The average molecular weight is 364 g/mol. The number of ketones is 1. The third-order valence-electron chi connectivity index (χ3n) is 5.78. The summed E-state index contributed by atoms with van der Waals surface area (Å²) in [4.78, 5) is 14.2. The molecule has 0 radical (unpaired) electrons. The molecule has 1 fully saturated rings. The lowest BCUT2D eigenvalue weighted by Crippen LogP contribution is -3.14. The number of allylic oxidation sites excluding steroid dienone is 1. The largest absolute Gasteiger partial charge is 0.507 e. The average Bonchev–Trinajstić information content (AvgIpc) is 2.97. The third-order valence-corrected chi connectivity index (χ3v) is 5.78. The number of nitrogens with one attached hydrogen (secondary N) is 1. The van der Waals surface area contributed by atoms with Gasteiger partial charge in [-0.2, -0.15) is 0 Å². The van der Waals surface area contributed by atoms with Crippen LogP contribution >= 0.6 is 0 Å². The molecule has 1 saturated heterocycles. The summed E-state index contributed by atoms with van der Waals surface area (Å²) in [5.41, 5.74) is 3.39. The third kappa shape index (κ3) is 3.50. The predicted molar refractivity (Wildman–Crippen MR) is 105 cm³/mol. The van der Waals surface area contributed by atoms with Crippen molar-refractivity contribution in [1.29, 1.82) is 0 Å². The van der Waals surface area contributed by atoms with E-state index in [-0.39, 0.29) is 11.5 Å². The first-order valence-corrected chi connectivity index (χ1v) is 9.73. The fraction of sp³-hybridized carbons (Fsp3) is 0.348. The number of aromatic hydroxyl groups is 1. The monoisotopic (exact) mass is 364 g/mol. The van der Waals surface area contributed by atoms with Crippen LogP contribution in [0.15, 0.2) is 42.2 Å². The number of carbonyl (C=O) groups is 1. The summed E-state index contributed by atoms with van der Waals surface area (Å²) in [7, 11) is 0. The van der Waals surface area contributed by atoms with Crippen LogP contribution in [0.4, 0.5) is 0 Å². The van der Waals surface area contributed by atoms with Crippen LogP contribution in [-0.2, 0) is 6.54 Å². The molecule has 4 heteroatoms. The van der Waals surface area contributed by atoms with E-state index >= 15 is 0 Å². The Labute approximate surface area is 160 Å². The molecule has 0 bridgehead atoms. The Morgan fingerprint density at radius 3 is 2.70 bits per heavy atom. The molecule has 0 saturated carbocycles. The zero-order chi connectivity index (χ0) is 19.0. The van der Waals surface area contributed by atoms with Crippen LogP contribution in [0, 0.1) is 6.92 Å². The summed E-state index contributed by atoms with van der Waals surface area (Å²) in [5.74, 6) is 0.947. The minimum atomic E-state index is -0.117. The van der Waals surface area contributed by atoms with Gasteiger partial charge in [-0.15, -0.1) is 0 Å². The van der Waals surface area contributed by atoms with E-state index in [9.17, 15) is 9.90 Å². The molecule has 2 heterocycles. The van der Waals surface area contributed by atoms with Crippen LogP contribution in [0.1, 0.15) is 53.2 Å². The maximum Gasteiger partial charge on any atom is 0.231 e. The quantitative estimate of drug-likeness (QED) is 0.822. The predicted octanol–water partition coefficient (Wildman–Crippen LogP) is 3.27. The summed E-state index contributed by atoms with van der Waals surface area (Å²) in [5, 5.41) is 10.5. The van der Waals surface area contributed by atoms with Crippen LogP contribution < -0.4 is 9.64 Å². The van der Waals surface area contributed by atoms with Crippen molar-refractivity contribution in [3.63, 3.8) is 0 Å². The summed E-state index contributed by atoms with van der Waals surface area (Å²) < 4.78 is 5.98. The van der Waals surface area contributed by atoms with E-state index in [1.165, 1.54) is 29.7 Å². The number of benzene rings is 2. The molecule has 140 valence electrons. The highest BCUT2D eigenvalue weighted by atomic mass is 16.5. The van der Waals surface area contributed by atoms with Crippen molar-refractivity contribution in [2.24, 2.45) is 0 Å². The summed E-state index contributed by atoms with van der Waals surface area (Å²) in [6.45, 7) is 6.05. The highest BCUT2D eigenvalue weighted by molar-refractivity contribution is 6.14. The van der Waals surface area contributed by atoms with E-state index in [2.05, 4.69) is 6.92 Å². The van der Waals surface area contributed by atoms with Crippen molar-refractivity contribution >= 4 is 11.9 Å². The van der Waals surface area contributed by atoms with Crippen molar-refractivity contribution in [2.75, 3.05) is 6.54 Å². The molecule has 2 N–H and O–H groups in total. The van der Waals surface area contributed by atoms with Gasteiger partial charge < -0.3 is 14.7 Å². The molecular weight excluding hydrogens is 338 g/mol. The number of piperidine rings is 1. The number of Topliss-reactive ketones (excluding diaryl/α,β-unsaturated/α-hetero) is 1. The lowest BCUT2D eigenvalue weighted by Gasteiger charge is -2.30. The highest BCUT2D eigenvalue weighted by Crippen LogP contribution is 2.39. The van der Waals surface area contributed by atoms with Crippen LogP contribution in [0.2, 0.25) is 0 Å². The number of aryl methyl sites for hydroxylation is 1. The second-order valence-electron chi connectivity index (χ2n) is 7.77. The molecular formula is C23H26NO3+. The van der Waals surface area contributed by atoms with Gasteiger partial charge >= 0.3 is 0 Å². The molecule has 4 nitrogen and oxygen atoms in total. The maximum atomic E-state index is 12.8. The summed E-state index contributed by atoms with van der Waals surface area (Å²) in [6, 6.07) is 11.8. The minimum Gasteiger partial charge on any atom is -0.507 e. The second kappa shape index (κ2) is 7.20. The fourth-order valence-electron chi connectivity index (χ4n) is 4.02. The maximum absolute atomic E-state index is 12.8. The molecule has 2 aromatic rings. The second-order valence-corrected chi connectivity index (χ2v) is 7.77. The first-order valence-electron chi connectivity index (χ1n) is 9.73. The molecule has 1 unspecified atom stereocenters. The normalized spacial score (nSPS) is 23.3. The first-order chi connectivity index (χ1) is 13.0. The van der Waals surface area contributed by atoms with Crippen molar-refractivity contribution in [1.82, 2.24) is 0 Å². The molecule has 4 rings (SSSR count). The number of phenols is 1. The number of phenolic OH excluding ortho intramolecular Hbond substituents is 1. The van der Waals surface area contributed by atoms with Gasteiger partial charge in [0.25, 0.3) is 0 Å². The van der Waals surface area contributed by atoms with Crippen molar-refractivity contribution in [3.05, 3.63) is 64.4 Å². The van der Waals surface area contributed by atoms with Crippen molar-refractivity contribution < 1.29 is 19.5 Å². The van der Waals surface area contributed by atoms with Gasteiger partial charge in [-0.3, -0.25) is 4.79 Å². The number of ether oxygens (including phenoxy) is 1. The van der Waals surface area contributed by atoms with Gasteiger partial charge in [-0.1, -0.05) is 29.8 Å². The number of carbonyl (C=O) groups excluding carboxylic acids is 1. The molecule has 2 aromatic carbocycles. The standard InChI is InChI=1S/C23H25NO3/c1-15-6-8-17(9-7-15)13-21-22(26)18-10-11-20(25)19(23(18)27-21)14-24-12-4-3-5-16(24)2/h6-11,13,16,25H,3-5,12,14H2,1-2H3/p+1/b21-13-/t16-/m1/s1. The van der Waals surface area contributed by atoms with E-state index < -0.39 is 0 Å². The lowest BCUT2D eigenvalue weighted by molar-refractivity contribution is -0.941. The number of hydrogen-bond acceptors (Lipinski definition) is 3. The highest BCUT2D eigenvalue weighted by Gasteiger charge is 2.33. The van der Waals surface area contributed by atoms with Gasteiger partial charge in [-0.25, -0.2) is 0 Å². The molecule has 0 aromatic heterocycles. The van der Waals surface area contributed by atoms with E-state index in [1.807, 2.05) is 31.2 Å². The minimum absolute atomic E-state index is 0.117. The van der Waals surface area contributed by atoms with E-state index in [1.54, 1.807) is 18.2 Å². The number of likely N-dealkylation sites (tertiary alicyclic amines) is 1. The molecule has 27 heavy (non-hydrogen) atoms. The van der Waals surface area contributed by atoms with E-state index in [0.717, 1.165) is 17.7 Å². The van der Waals surface area contributed by atoms with Gasteiger partial charge in [-0.05, 0) is 56.9 Å². The Bertz CT molecular complexity index is 899. The van der Waals surface area contributed by atoms with Crippen LogP contribution in [0.5, 0.6) is 11.5 Å². The van der Waals surface area contributed by atoms with Gasteiger partial charge in [0.15, 0.2) is 11.5 Å². The van der Waals surface area contributed by atoms with Crippen molar-refractivity contribution in [3.8, 4) is 11.5 Å². The smallest absolute Gasteiger partial charge is 0.231 e. The van der Waals surface area contributed by atoms with Gasteiger partial charge in [0.1, 0.15) is 12.3 Å². The number of hydrogen-bond donors (Lipinski definition) is 2. The summed E-state index contributed by atoms with van der Waals surface area (Å²) in [6.07, 6.45) is 5.44. The van der Waals surface area contributed by atoms with Gasteiger partial charge in [0.05, 0.1) is 23.7 Å². The van der Waals surface area contributed by atoms with Crippen molar-refractivity contribution in [2.45, 2.75) is 45.7 Å². The SMILES string of the molecule is Cc1ccc(/C=C2\Oc3c(ccc(O)c3C[NH+]3CCCC[C@H]3C)C2=O)cc1. The Morgan fingerprint density at radius 1 is 1.19 bits per heavy atom. The lowest BCUT2D eigenvalue weighted by atomic mass is 10.0. The van der Waals surface area contributed by atoms with Crippen LogP contribution in [-0.4, -0.2) is 23.5 Å². The Balaban J connectivity index is 1.65. The molecule has 0 aliphatic carbocycles. The molecule has 0 amide bonds. The van der Waals surface area contributed by atoms with Gasteiger partial charge in [0.2, 0.25) is 5.78 Å². The fourth-order valence-corrected chi connectivity index (χ4v) is 4.02. The van der Waals surface area contributed by atoms with E-state index in [4.69, 9.17) is 4.74 Å². The Hall–Kier alpha value is -2.59. The molecule has 2 aliphatic rings. The molecule has 2 aliphatic heterocycles. The van der Waals surface area contributed by atoms with Gasteiger partial charge in [0, 0.05) is 0 Å². The van der Waals surface area contributed by atoms with Crippen LogP contribution in [0.3, 0.4) is 0 Å². The Kier molecular flexibility index (Phi) is 4.75.